The molecular formula is C17H15Br. The molecule has 0 heterocycles. The first-order valence-corrected chi connectivity index (χ1v) is 6.96. The quantitative estimate of drug-likeness (QED) is 0.468. The fourth-order valence-electron chi connectivity index (χ4n) is 2.58. The summed E-state index contributed by atoms with van der Waals surface area (Å²) in [6.45, 7) is 6.59. The van der Waals surface area contributed by atoms with Crippen LogP contribution < -0.4 is 0 Å². The molecule has 3 rings (SSSR count). The predicted octanol–water partition coefficient (Wildman–Crippen LogP) is 5.68. The Morgan fingerprint density at radius 3 is 1.89 bits per heavy atom. The molecular weight excluding hydrogens is 284 g/mol. The summed E-state index contributed by atoms with van der Waals surface area (Å²) >= 11 is 3.75. The molecule has 0 saturated heterocycles. The van der Waals surface area contributed by atoms with Gasteiger partial charge in [-0.25, -0.2) is 0 Å². The van der Waals surface area contributed by atoms with E-state index in [0.717, 1.165) is 0 Å². The minimum Gasteiger partial charge on any atom is -0.0616 e. The zero-order chi connectivity index (χ0) is 12.9. The number of rotatable bonds is 0. The van der Waals surface area contributed by atoms with E-state index in [9.17, 15) is 0 Å². The summed E-state index contributed by atoms with van der Waals surface area (Å²) in [5.74, 6) is 0. The molecule has 18 heavy (non-hydrogen) atoms. The van der Waals surface area contributed by atoms with E-state index in [2.05, 4.69) is 73.1 Å². The maximum Gasteiger partial charge on any atom is 0.0285 e. The maximum absolute atomic E-state index is 3.75. The Morgan fingerprint density at radius 2 is 1.28 bits per heavy atom. The van der Waals surface area contributed by atoms with Crippen LogP contribution in [0.3, 0.4) is 0 Å². The lowest BCUT2D eigenvalue weighted by atomic mass is 9.94. The monoisotopic (exact) mass is 298 g/mol. The van der Waals surface area contributed by atoms with Crippen molar-refractivity contribution in [2.45, 2.75) is 20.8 Å². The average Bonchev–Trinajstić information content (AvgIpc) is 2.41. The summed E-state index contributed by atoms with van der Waals surface area (Å²) < 4.78 is 1.23. The number of benzene rings is 3. The number of fused-ring (bicyclic) bond motifs is 2. The Hall–Kier alpha value is -1.34. The van der Waals surface area contributed by atoms with Crippen molar-refractivity contribution < 1.29 is 0 Å². The first-order chi connectivity index (χ1) is 8.59. The van der Waals surface area contributed by atoms with Crippen molar-refractivity contribution in [2.24, 2.45) is 0 Å². The second-order valence-corrected chi connectivity index (χ2v) is 5.73. The van der Waals surface area contributed by atoms with Gasteiger partial charge in [-0.05, 0) is 87.1 Å². The molecule has 0 aliphatic carbocycles. The Bertz CT molecular complexity index is 704. The Balaban J connectivity index is 2.58. The summed E-state index contributed by atoms with van der Waals surface area (Å²) in [4.78, 5) is 0. The molecule has 0 radical (unpaired) electrons. The third-order valence-corrected chi connectivity index (χ3v) is 5.00. The van der Waals surface area contributed by atoms with Crippen molar-refractivity contribution in [2.75, 3.05) is 0 Å². The molecule has 0 N–H and O–H groups in total. The smallest absolute Gasteiger partial charge is 0.0285 e. The highest BCUT2D eigenvalue weighted by Crippen LogP contribution is 2.35. The van der Waals surface area contributed by atoms with Crippen LogP contribution in [0.15, 0.2) is 40.9 Å². The third kappa shape index (κ3) is 1.58. The zero-order valence-electron chi connectivity index (χ0n) is 10.8. The summed E-state index contributed by atoms with van der Waals surface area (Å²) in [7, 11) is 0. The lowest BCUT2D eigenvalue weighted by molar-refractivity contribution is 1.28. The second-order valence-electron chi connectivity index (χ2n) is 4.93. The van der Waals surface area contributed by atoms with Crippen molar-refractivity contribution in [3.05, 3.63) is 57.6 Å². The average molecular weight is 299 g/mol. The van der Waals surface area contributed by atoms with Crippen LogP contribution in [-0.2, 0) is 0 Å². The largest absolute Gasteiger partial charge is 0.0616 e. The molecule has 0 atom stereocenters. The van der Waals surface area contributed by atoms with Gasteiger partial charge in [0.2, 0.25) is 0 Å². The lowest BCUT2D eigenvalue weighted by Gasteiger charge is -2.14. The van der Waals surface area contributed by atoms with Gasteiger partial charge in [-0.15, -0.1) is 0 Å². The van der Waals surface area contributed by atoms with Gasteiger partial charge in [0.25, 0.3) is 0 Å². The molecule has 0 aromatic heterocycles. The summed E-state index contributed by atoms with van der Waals surface area (Å²) in [5, 5.41) is 5.27. The van der Waals surface area contributed by atoms with E-state index in [1.807, 2.05) is 0 Å². The van der Waals surface area contributed by atoms with E-state index in [4.69, 9.17) is 0 Å². The first kappa shape index (κ1) is 11.7. The summed E-state index contributed by atoms with van der Waals surface area (Å²) in [6.07, 6.45) is 0. The van der Waals surface area contributed by atoms with Crippen LogP contribution >= 0.6 is 15.9 Å². The van der Waals surface area contributed by atoms with E-state index >= 15 is 0 Å². The zero-order valence-corrected chi connectivity index (χ0v) is 12.4. The van der Waals surface area contributed by atoms with Gasteiger partial charge >= 0.3 is 0 Å². The molecule has 1 heteroatoms. The minimum atomic E-state index is 1.23. The van der Waals surface area contributed by atoms with E-state index in [0.29, 0.717) is 0 Å². The van der Waals surface area contributed by atoms with Gasteiger partial charge < -0.3 is 0 Å². The third-order valence-electron chi connectivity index (χ3n) is 3.98. The molecule has 0 aliphatic rings. The van der Waals surface area contributed by atoms with Crippen molar-refractivity contribution >= 4 is 37.5 Å². The van der Waals surface area contributed by atoms with Gasteiger partial charge in [0, 0.05) is 4.47 Å². The highest BCUT2D eigenvalue weighted by atomic mass is 79.9. The fraction of sp³-hybridized carbons (Fsp3) is 0.176. The molecule has 0 nitrogen and oxygen atoms in total. The van der Waals surface area contributed by atoms with Crippen LogP contribution in [0.2, 0.25) is 0 Å². The van der Waals surface area contributed by atoms with Crippen LogP contribution in [-0.4, -0.2) is 0 Å². The van der Waals surface area contributed by atoms with Gasteiger partial charge in [-0.1, -0.05) is 24.3 Å². The Morgan fingerprint density at radius 1 is 0.722 bits per heavy atom. The van der Waals surface area contributed by atoms with Crippen molar-refractivity contribution in [3.8, 4) is 0 Å². The molecule has 0 unspecified atom stereocenters. The van der Waals surface area contributed by atoms with E-state index in [1.165, 1.54) is 42.7 Å². The molecule has 0 amide bonds. The van der Waals surface area contributed by atoms with Crippen LogP contribution in [0.5, 0.6) is 0 Å². The SMILES string of the molecule is Cc1c(C)c(Br)c2cc3ccccc3cc2c1C. The molecule has 0 fully saturated rings. The molecule has 0 bridgehead atoms. The van der Waals surface area contributed by atoms with Crippen LogP contribution in [0.1, 0.15) is 16.7 Å². The number of aryl methyl sites for hydroxylation is 1. The summed E-state index contributed by atoms with van der Waals surface area (Å²) in [5.41, 5.74) is 4.11. The minimum absolute atomic E-state index is 1.23. The van der Waals surface area contributed by atoms with Crippen molar-refractivity contribution in [1.29, 1.82) is 0 Å². The van der Waals surface area contributed by atoms with Crippen molar-refractivity contribution in [1.82, 2.24) is 0 Å². The van der Waals surface area contributed by atoms with Gasteiger partial charge in [-0.3, -0.25) is 0 Å². The van der Waals surface area contributed by atoms with E-state index in [-0.39, 0.29) is 0 Å². The van der Waals surface area contributed by atoms with Gasteiger partial charge in [0.05, 0.1) is 0 Å². The van der Waals surface area contributed by atoms with E-state index in [1.54, 1.807) is 0 Å². The first-order valence-electron chi connectivity index (χ1n) is 6.17. The Kier molecular flexibility index (Phi) is 2.67. The van der Waals surface area contributed by atoms with Crippen LogP contribution in [0.25, 0.3) is 21.5 Å². The molecule has 3 aromatic carbocycles. The molecule has 0 spiro atoms. The van der Waals surface area contributed by atoms with Gasteiger partial charge in [0.1, 0.15) is 0 Å². The van der Waals surface area contributed by atoms with Gasteiger partial charge in [-0.2, -0.15) is 0 Å². The van der Waals surface area contributed by atoms with Crippen LogP contribution in [0, 0.1) is 20.8 Å². The number of halogens is 1. The fourth-order valence-corrected chi connectivity index (χ4v) is 3.21. The number of hydrogen-bond donors (Lipinski definition) is 0. The molecule has 90 valence electrons. The maximum atomic E-state index is 3.75. The topological polar surface area (TPSA) is 0 Å². The molecule has 0 aliphatic heterocycles. The highest BCUT2D eigenvalue weighted by Gasteiger charge is 2.10. The Labute approximate surface area is 116 Å². The lowest BCUT2D eigenvalue weighted by Crippen LogP contribution is -1.91. The second kappa shape index (κ2) is 4.10. The van der Waals surface area contributed by atoms with Crippen LogP contribution in [0.4, 0.5) is 0 Å². The van der Waals surface area contributed by atoms with Crippen molar-refractivity contribution in [3.63, 3.8) is 0 Å². The van der Waals surface area contributed by atoms with Gasteiger partial charge in [0.15, 0.2) is 0 Å². The van der Waals surface area contributed by atoms with E-state index < -0.39 is 0 Å². The highest BCUT2D eigenvalue weighted by molar-refractivity contribution is 9.10. The normalized spacial score (nSPS) is 11.3. The predicted molar refractivity (Wildman–Crippen MR) is 83.4 cm³/mol. The standard InChI is InChI=1S/C17H15Br/c1-10-11(2)15-8-13-6-4-5-7-14(13)9-16(15)17(18)12(10)3/h4-9H,1-3H3. The molecule has 0 saturated carbocycles. The summed E-state index contributed by atoms with van der Waals surface area (Å²) in [6, 6.07) is 13.1. The number of hydrogen-bond acceptors (Lipinski definition) is 0. The molecule has 3 aromatic rings.